The van der Waals surface area contributed by atoms with Crippen LogP contribution in [0.1, 0.15) is 5.56 Å². The summed E-state index contributed by atoms with van der Waals surface area (Å²) in [6.07, 6.45) is 2.04. The number of pyridine rings is 1. The van der Waals surface area contributed by atoms with Gasteiger partial charge in [-0.25, -0.2) is 4.98 Å². The number of fused-ring (bicyclic) bond motifs is 1. The van der Waals surface area contributed by atoms with Crippen molar-refractivity contribution in [1.29, 1.82) is 0 Å². The third-order valence-electron chi connectivity index (χ3n) is 3.98. The molecule has 0 bridgehead atoms. The second kappa shape index (κ2) is 5.61. The Balaban J connectivity index is 1.92. The van der Waals surface area contributed by atoms with Crippen LogP contribution in [0.2, 0.25) is 0 Å². The standard InChI is InChI=1S/C20H17N3/c1-15-9-5-6-12-17(15)21-20-19(16-10-3-2-4-11-16)22-18-13-7-8-14-23(18)20/h2-14,21H,1H3. The van der Waals surface area contributed by atoms with Crippen LogP contribution in [0.15, 0.2) is 79.0 Å². The van der Waals surface area contributed by atoms with Gasteiger partial charge in [0.15, 0.2) is 0 Å². The van der Waals surface area contributed by atoms with Crippen molar-refractivity contribution in [2.45, 2.75) is 6.92 Å². The zero-order valence-corrected chi connectivity index (χ0v) is 12.9. The summed E-state index contributed by atoms with van der Waals surface area (Å²) in [6, 6.07) is 24.6. The molecule has 2 aromatic carbocycles. The van der Waals surface area contributed by atoms with E-state index in [1.807, 2.05) is 54.7 Å². The van der Waals surface area contributed by atoms with Crippen molar-refractivity contribution in [3.8, 4) is 11.3 Å². The molecule has 0 aliphatic rings. The molecule has 0 aliphatic heterocycles. The summed E-state index contributed by atoms with van der Waals surface area (Å²) in [4.78, 5) is 4.81. The van der Waals surface area contributed by atoms with Gasteiger partial charge in [-0.3, -0.25) is 4.40 Å². The zero-order valence-electron chi connectivity index (χ0n) is 12.9. The highest BCUT2D eigenvalue weighted by atomic mass is 15.1. The van der Waals surface area contributed by atoms with Crippen molar-refractivity contribution < 1.29 is 0 Å². The van der Waals surface area contributed by atoms with Crippen LogP contribution < -0.4 is 5.32 Å². The summed E-state index contributed by atoms with van der Waals surface area (Å²) >= 11 is 0. The SMILES string of the molecule is Cc1ccccc1Nc1c(-c2ccccc2)nc2ccccn12. The van der Waals surface area contributed by atoms with Crippen molar-refractivity contribution in [1.82, 2.24) is 9.38 Å². The van der Waals surface area contributed by atoms with Crippen LogP contribution in [-0.4, -0.2) is 9.38 Å². The van der Waals surface area contributed by atoms with Crippen molar-refractivity contribution in [2.75, 3.05) is 5.32 Å². The number of nitrogens with zero attached hydrogens (tertiary/aromatic N) is 2. The van der Waals surface area contributed by atoms with E-state index in [0.29, 0.717) is 0 Å². The lowest BCUT2D eigenvalue weighted by atomic mass is 10.1. The molecule has 3 heteroatoms. The first-order chi connectivity index (χ1) is 11.3. The van der Waals surface area contributed by atoms with Gasteiger partial charge in [0, 0.05) is 17.4 Å². The predicted octanol–water partition coefficient (Wildman–Crippen LogP) is 5.05. The first-order valence-corrected chi connectivity index (χ1v) is 7.68. The minimum Gasteiger partial charge on any atom is -0.339 e. The fourth-order valence-corrected chi connectivity index (χ4v) is 2.75. The monoisotopic (exact) mass is 299 g/mol. The Labute approximate surface area is 135 Å². The second-order valence-electron chi connectivity index (χ2n) is 5.54. The Kier molecular flexibility index (Phi) is 3.31. The molecule has 0 atom stereocenters. The number of nitrogens with one attached hydrogen (secondary N) is 1. The minimum atomic E-state index is 0.933. The average Bonchev–Trinajstić information content (AvgIpc) is 2.96. The maximum absolute atomic E-state index is 4.81. The van der Waals surface area contributed by atoms with Crippen LogP contribution in [0, 0.1) is 6.92 Å². The Morgan fingerprint density at radius 1 is 0.826 bits per heavy atom. The van der Waals surface area contributed by atoms with E-state index in [0.717, 1.165) is 28.4 Å². The summed E-state index contributed by atoms with van der Waals surface area (Å²) in [6.45, 7) is 2.10. The number of hydrogen-bond acceptors (Lipinski definition) is 2. The maximum Gasteiger partial charge on any atom is 0.143 e. The molecule has 0 radical (unpaired) electrons. The Morgan fingerprint density at radius 3 is 2.39 bits per heavy atom. The second-order valence-corrected chi connectivity index (χ2v) is 5.54. The molecule has 0 fully saturated rings. The van der Waals surface area contributed by atoms with Crippen LogP contribution in [0.25, 0.3) is 16.9 Å². The Hall–Kier alpha value is -3.07. The van der Waals surface area contributed by atoms with Gasteiger partial charge in [0.1, 0.15) is 17.2 Å². The van der Waals surface area contributed by atoms with Gasteiger partial charge in [0.2, 0.25) is 0 Å². The summed E-state index contributed by atoms with van der Waals surface area (Å²) in [5, 5.41) is 3.56. The fraction of sp³-hybridized carbons (Fsp3) is 0.0500. The zero-order chi connectivity index (χ0) is 15.6. The summed E-state index contributed by atoms with van der Waals surface area (Å²) in [5.74, 6) is 0.987. The molecule has 23 heavy (non-hydrogen) atoms. The number of benzene rings is 2. The van der Waals surface area contributed by atoms with Gasteiger partial charge >= 0.3 is 0 Å². The van der Waals surface area contributed by atoms with Crippen LogP contribution in [-0.2, 0) is 0 Å². The average molecular weight is 299 g/mol. The Bertz CT molecular complexity index is 955. The van der Waals surface area contributed by atoms with Crippen molar-refractivity contribution in [3.05, 3.63) is 84.6 Å². The van der Waals surface area contributed by atoms with Gasteiger partial charge in [-0.2, -0.15) is 0 Å². The van der Waals surface area contributed by atoms with Crippen LogP contribution in [0.3, 0.4) is 0 Å². The number of imidazole rings is 1. The Morgan fingerprint density at radius 2 is 1.57 bits per heavy atom. The molecule has 0 spiro atoms. The van der Waals surface area contributed by atoms with Gasteiger partial charge in [-0.15, -0.1) is 0 Å². The van der Waals surface area contributed by atoms with E-state index >= 15 is 0 Å². The number of para-hydroxylation sites is 1. The summed E-state index contributed by atoms with van der Waals surface area (Å²) in [5.41, 5.74) is 5.29. The lowest BCUT2D eigenvalue weighted by Gasteiger charge is -2.11. The van der Waals surface area contributed by atoms with Crippen LogP contribution in [0.5, 0.6) is 0 Å². The smallest absolute Gasteiger partial charge is 0.143 e. The fourth-order valence-electron chi connectivity index (χ4n) is 2.75. The van der Waals surface area contributed by atoms with E-state index in [-0.39, 0.29) is 0 Å². The molecule has 0 aliphatic carbocycles. The lowest BCUT2D eigenvalue weighted by Crippen LogP contribution is -1.98. The maximum atomic E-state index is 4.81. The molecule has 4 rings (SSSR count). The minimum absolute atomic E-state index is 0.933. The molecule has 112 valence electrons. The predicted molar refractivity (Wildman–Crippen MR) is 95.1 cm³/mol. The highest BCUT2D eigenvalue weighted by Crippen LogP contribution is 2.31. The van der Waals surface area contributed by atoms with Gasteiger partial charge in [0.05, 0.1) is 0 Å². The molecular formula is C20H17N3. The number of rotatable bonds is 3. The first-order valence-electron chi connectivity index (χ1n) is 7.68. The van der Waals surface area contributed by atoms with E-state index in [9.17, 15) is 0 Å². The van der Waals surface area contributed by atoms with Crippen molar-refractivity contribution >= 4 is 17.2 Å². The third-order valence-corrected chi connectivity index (χ3v) is 3.98. The molecule has 0 amide bonds. The van der Waals surface area contributed by atoms with E-state index < -0.39 is 0 Å². The quantitative estimate of drug-likeness (QED) is 0.573. The van der Waals surface area contributed by atoms with E-state index in [1.165, 1.54) is 5.56 Å². The summed E-state index contributed by atoms with van der Waals surface area (Å²) in [7, 11) is 0. The lowest BCUT2D eigenvalue weighted by molar-refractivity contribution is 1.18. The van der Waals surface area contributed by atoms with E-state index in [1.54, 1.807) is 0 Å². The first kappa shape index (κ1) is 13.6. The van der Waals surface area contributed by atoms with Crippen LogP contribution in [0.4, 0.5) is 11.5 Å². The molecule has 2 heterocycles. The molecule has 2 aromatic heterocycles. The number of hydrogen-bond donors (Lipinski definition) is 1. The van der Waals surface area contributed by atoms with Gasteiger partial charge in [0.25, 0.3) is 0 Å². The number of aryl methyl sites for hydroxylation is 1. The summed E-state index contributed by atoms with van der Waals surface area (Å²) < 4.78 is 2.09. The molecule has 3 nitrogen and oxygen atoms in total. The largest absolute Gasteiger partial charge is 0.339 e. The molecule has 0 saturated carbocycles. The highest BCUT2D eigenvalue weighted by molar-refractivity contribution is 5.80. The molecule has 1 N–H and O–H groups in total. The number of anilines is 2. The third kappa shape index (κ3) is 2.46. The topological polar surface area (TPSA) is 29.3 Å². The van der Waals surface area contributed by atoms with Gasteiger partial charge in [-0.1, -0.05) is 54.6 Å². The highest BCUT2D eigenvalue weighted by Gasteiger charge is 2.14. The van der Waals surface area contributed by atoms with E-state index in [4.69, 9.17) is 4.98 Å². The molecule has 4 aromatic rings. The van der Waals surface area contributed by atoms with Crippen LogP contribution >= 0.6 is 0 Å². The normalized spacial score (nSPS) is 10.8. The number of aromatic nitrogens is 2. The van der Waals surface area contributed by atoms with E-state index in [2.05, 4.69) is 40.9 Å². The van der Waals surface area contributed by atoms with Gasteiger partial charge in [-0.05, 0) is 30.7 Å². The molecule has 0 unspecified atom stereocenters. The van der Waals surface area contributed by atoms with Crippen molar-refractivity contribution in [3.63, 3.8) is 0 Å². The van der Waals surface area contributed by atoms with Crippen molar-refractivity contribution in [2.24, 2.45) is 0 Å². The molecular weight excluding hydrogens is 282 g/mol. The van der Waals surface area contributed by atoms with Gasteiger partial charge < -0.3 is 5.32 Å². The molecule has 0 saturated heterocycles.